The molecule has 0 saturated heterocycles. The summed E-state index contributed by atoms with van der Waals surface area (Å²) in [5.41, 5.74) is 8.90. The van der Waals surface area contributed by atoms with Crippen LogP contribution in [0.4, 0.5) is 11.4 Å². The zero-order chi connectivity index (χ0) is 15.0. The van der Waals surface area contributed by atoms with Gasteiger partial charge in [0.25, 0.3) is 0 Å². The summed E-state index contributed by atoms with van der Waals surface area (Å²) in [7, 11) is 0. The van der Waals surface area contributed by atoms with E-state index < -0.39 is 0 Å². The zero-order valence-electron chi connectivity index (χ0n) is 11.2. The van der Waals surface area contributed by atoms with Gasteiger partial charge in [0, 0.05) is 33.9 Å². The highest BCUT2D eigenvalue weighted by Gasteiger charge is 2.18. The van der Waals surface area contributed by atoms with Crippen LogP contribution in [-0.4, -0.2) is 11.7 Å². The predicted octanol–water partition coefficient (Wildman–Crippen LogP) is 3.04. The number of carbonyl (C=O) groups is 2. The molecule has 21 heavy (non-hydrogen) atoms. The molecule has 0 bridgehead atoms. The molecule has 3 N–H and O–H groups in total. The van der Waals surface area contributed by atoms with Crippen molar-refractivity contribution in [2.75, 3.05) is 11.1 Å². The van der Waals surface area contributed by atoms with E-state index in [1.807, 2.05) is 0 Å². The van der Waals surface area contributed by atoms with Crippen molar-refractivity contribution in [3.05, 3.63) is 58.1 Å². The summed E-state index contributed by atoms with van der Waals surface area (Å²) in [4.78, 5) is 23.9. The number of anilines is 2. The van der Waals surface area contributed by atoms with Crippen molar-refractivity contribution in [3.63, 3.8) is 0 Å². The third-order valence-electron chi connectivity index (χ3n) is 3.52. The van der Waals surface area contributed by atoms with E-state index in [1.165, 1.54) is 0 Å². The second kappa shape index (κ2) is 5.22. The molecule has 2 aromatic carbocycles. The molecule has 2 aromatic rings. The Labute approximate surface area is 126 Å². The van der Waals surface area contributed by atoms with Gasteiger partial charge >= 0.3 is 0 Å². The summed E-state index contributed by atoms with van der Waals surface area (Å²) in [6.07, 6.45) is 1.07. The predicted molar refractivity (Wildman–Crippen MR) is 82.7 cm³/mol. The van der Waals surface area contributed by atoms with Crippen molar-refractivity contribution in [3.8, 4) is 0 Å². The van der Waals surface area contributed by atoms with E-state index >= 15 is 0 Å². The first kappa shape index (κ1) is 13.6. The quantitative estimate of drug-likeness (QED) is 0.661. The topological polar surface area (TPSA) is 72.2 Å². The van der Waals surface area contributed by atoms with E-state index in [-0.39, 0.29) is 11.7 Å². The van der Waals surface area contributed by atoms with E-state index in [9.17, 15) is 9.59 Å². The fourth-order valence-electron chi connectivity index (χ4n) is 2.41. The molecule has 1 heterocycles. The van der Waals surface area contributed by atoms with E-state index in [0.29, 0.717) is 34.7 Å². The number of nitrogens with one attached hydrogen (secondary N) is 1. The molecule has 0 aromatic heterocycles. The normalized spacial score (nSPS) is 13.5. The number of aryl methyl sites for hydroxylation is 1. The molecular weight excluding hydrogens is 288 g/mol. The van der Waals surface area contributed by atoms with Crippen molar-refractivity contribution < 1.29 is 9.59 Å². The van der Waals surface area contributed by atoms with Crippen LogP contribution in [0.15, 0.2) is 36.4 Å². The lowest BCUT2D eigenvalue weighted by Gasteiger charge is -2.17. The summed E-state index contributed by atoms with van der Waals surface area (Å²) in [5.74, 6) is -0.171. The standard InChI is InChI=1S/C16H13ClN2O2/c17-11-3-4-13(18)12(8-11)16(21)10-1-5-14-9(7-10)2-6-15(20)19-14/h1,3-5,7-8H,2,6,18H2,(H,19,20). The van der Waals surface area contributed by atoms with Crippen molar-refractivity contribution >= 4 is 34.7 Å². The fourth-order valence-corrected chi connectivity index (χ4v) is 2.58. The third kappa shape index (κ3) is 2.62. The summed E-state index contributed by atoms with van der Waals surface area (Å²) in [6.45, 7) is 0. The monoisotopic (exact) mass is 300 g/mol. The number of hydrogen-bond acceptors (Lipinski definition) is 3. The summed E-state index contributed by atoms with van der Waals surface area (Å²) in [5, 5.41) is 3.26. The number of carbonyl (C=O) groups excluding carboxylic acids is 2. The Hall–Kier alpha value is -2.33. The Morgan fingerprint density at radius 1 is 1.14 bits per heavy atom. The maximum Gasteiger partial charge on any atom is 0.224 e. The van der Waals surface area contributed by atoms with Crippen LogP contribution in [0.5, 0.6) is 0 Å². The number of nitrogens with two attached hydrogens (primary N) is 1. The maximum absolute atomic E-state index is 12.5. The highest BCUT2D eigenvalue weighted by atomic mass is 35.5. The molecule has 1 amide bonds. The second-order valence-corrected chi connectivity index (χ2v) is 5.42. The maximum atomic E-state index is 12.5. The minimum atomic E-state index is -0.172. The summed E-state index contributed by atoms with van der Waals surface area (Å²) < 4.78 is 0. The van der Waals surface area contributed by atoms with Crippen LogP contribution in [0.2, 0.25) is 5.02 Å². The Balaban J connectivity index is 1.99. The molecule has 4 nitrogen and oxygen atoms in total. The number of hydrogen-bond donors (Lipinski definition) is 2. The van der Waals surface area contributed by atoms with Gasteiger partial charge in [-0.05, 0) is 48.4 Å². The molecule has 0 fully saturated rings. The zero-order valence-corrected chi connectivity index (χ0v) is 11.9. The van der Waals surface area contributed by atoms with E-state index in [0.717, 1.165) is 11.3 Å². The first-order valence-electron chi connectivity index (χ1n) is 6.57. The highest BCUT2D eigenvalue weighted by Crippen LogP contribution is 2.26. The van der Waals surface area contributed by atoms with Crippen molar-refractivity contribution in [1.29, 1.82) is 0 Å². The van der Waals surface area contributed by atoms with Gasteiger partial charge in [0.1, 0.15) is 0 Å². The molecule has 0 saturated carbocycles. The Kier molecular flexibility index (Phi) is 3.39. The smallest absolute Gasteiger partial charge is 0.224 e. The number of nitrogen functional groups attached to an aromatic ring is 1. The molecule has 1 aliphatic heterocycles. The van der Waals surface area contributed by atoms with Crippen molar-refractivity contribution in [2.24, 2.45) is 0 Å². The van der Waals surface area contributed by atoms with Crippen LogP contribution in [-0.2, 0) is 11.2 Å². The van der Waals surface area contributed by atoms with Gasteiger partial charge in [0.15, 0.2) is 5.78 Å². The molecule has 1 aliphatic rings. The summed E-state index contributed by atoms with van der Waals surface area (Å²) in [6, 6.07) is 10.1. The Morgan fingerprint density at radius 3 is 2.76 bits per heavy atom. The van der Waals surface area contributed by atoms with Gasteiger partial charge in [0.2, 0.25) is 5.91 Å². The molecule has 0 atom stereocenters. The van der Waals surface area contributed by atoms with Crippen LogP contribution < -0.4 is 11.1 Å². The lowest BCUT2D eigenvalue weighted by atomic mass is 9.96. The van der Waals surface area contributed by atoms with Crippen LogP contribution in [0, 0.1) is 0 Å². The first-order valence-corrected chi connectivity index (χ1v) is 6.95. The third-order valence-corrected chi connectivity index (χ3v) is 3.76. The first-order chi connectivity index (χ1) is 10.0. The average molecular weight is 301 g/mol. The molecule has 106 valence electrons. The summed E-state index contributed by atoms with van der Waals surface area (Å²) >= 11 is 5.92. The molecule has 5 heteroatoms. The highest BCUT2D eigenvalue weighted by molar-refractivity contribution is 6.31. The van der Waals surface area contributed by atoms with Crippen molar-refractivity contribution in [1.82, 2.24) is 0 Å². The number of rotatable bonds is 2. The van der Waals surface area contributed by atoms with Gasteiger partial charge in [-0.3, -0.25) is 9.59 Å². The van der Waals surface area contributed by atoms with Gasteiger partial charge in [0.05, 0.1) is 0 Å². The average Bonchev–Trinajstić information content (AvgIpc) is 2.48. The second-order valence-electron chi connectivity index (χ2n) is 4.98. The minimum Gasteiger partial charge on any atom is -0.398 e. The van der Waals surface area contributed by atoms with Crippen molar-refractivity contribution in [2.45, 2.75) is 12.8 Å². The Morgan fingerprint density at radius 2 is 1.95 bits per heavy atom. The van der Waals surface area contributed by atoms with Crippen LogP contribution in [0.25, 0.3) is 0 Å². The minimum absolute atomic E-state index is 0.000613. The van der Waals surface area contributed by atoms with E-state index in [2.05, 4.69) is 5.32 Å². The number of fused-ring (bicyclic) bond motifs is 1. The molecular formula is C16H13ClN2O2. The fraction of sp³-hybridized carbons (Fsp3) is 0.125. The van der Waals surface area contributed by atoms with Gasteiger partial charge in [-0.2, -0.15) is 0 Å². The molecule has 0 unspecified atom stereocenters. The number of halogens is 1. The molecule has 3 rings (SSSR count). The Bertz CT molecular complexity index is 756. The van der Waals surface area contributed by atoms with Crippen LogP contribution >= 0.6 is 11.6 Å². The van der Waals surface area contributed by atoms with E-state index in [4.69, 9.17) is 17.3 Å². The largest absolute Gasteiger partial charge is 0.398 e. The van der Waals surface area contributed by atoms with Crippen LogP contribution in [0.3, 0.4) is 0 Å². The van der Waals surface area contributed by atoms with Gasteiger partial charge in [-0.1, -0.05) is 11.6 Å². The lowest BCUT2D eigenvalue weighted by Crippen LogP contribution is -2.19. The molecule has 0 spiro atoms. The number of benzene rings is 2. The van der Waals surface area contributed by atoms with E-state index in [1.54, 1.807) is 36.4 Å². The molecule has 0 radical (unpaired) electrons. The SMILES string of the molecule is Nc1ccc(Cl)cc1C(=O)c1ccc2c(c1)CCC(=O)N2. The number of ketones is 1. The van der Waals surface area contributed by atoms with Gasteiger partial charge in [-0.15, -0.1) is 0 Å². The molecule has 0 aliphatic carbocycles. The van der Waals surface area contributed by atoms with Crippen LogP contribution in [0.1, 0.15) is 27.9 Å². The van der Waals surface area contributed by atoms with Gasteiger partial charge < -0.3 is 11.1 Å². The lowest BCUT2D eigenvalue weighted by molar-refractivity contribution is -0.116. The van der Waals surface area contributed by atoms with Gasteiger partial charge in [-0.25, -0.2) is 0 Å². The number of amides is 1.